The molecule has 2 aliphatic rings. The first-order valence-corrected chi connectivity index (χ1v) is 16.5. The van der Waals surface area contributed by atoms with Gasteiger partial charge in [0.1, 0.15) is 12.4 Å². The number of rotatable bonds is 11. The van der Waals surface area contributed by atoms with E-state index in [1.807, 2.05) is 11.0 Å². The van der Waals surface area contributed by atoms with Crippen LogP contribution in [0.3, 0.4) is 0 Å². The summed E-state index contributed by atoms with van der Waals surface area (Å²) in [5, 5.41) is 3.14. The third-order valence-corrected chi connectivity index (χ3v) is 10.6. The number of benzene rings is 2. The summed E-state index contributed by atoms with van der Waals surface area (Å²) < 4.78 is 39.2. The van der Waals surface area contributed by atoms with Crippen LogP contribution in [0.5, 0.6) is 5.75 Å². The Morgan fingerprint density at radius 1 is 0.976 bits per heavy atom. The first-order chi connectivity index (χ1) is 19.9. The molecule has 3 heterocycles. The largest absolute Gasteiger partial charge is 0.497 e. The van der Waals surface area contributed by atoms with Crippen LogP contribution in [-0.2, 0) is 32.4 Å². The number of hydrogen-bond acceptors (Lipinski definition) is 8. The van der Waals surface area contributed by atoms with Crippen LogP contribution < -0.4 is 9.64 Å². The molecule has 41 heavy (non-hydrogen) atoms. The molecule has 1 unspecified atom stereocenters. The zero-order valence-electron chi connectivity index (χ0n) is 23.5. The molecule has 1 amide bonds. The molecule has 5 rings (SSSR count). The third kappa shape index (κ3) is 7.45. The number of piperazine rings is 1. The van der Waals surface area contributed by atoms with Gasteiger partial charge in [-0.3, -0.25) is 4.79 Å². The Bertz CT molecular complexity index is 1370. The van der Waals surface area contributed by atoms with Crippen molar-refractivity contribution in [1.29, 1.82) is 0 Å². The van der Waals surface area contributed by atoms with Crippen molar-refractivity contribution in [2.24, 2.45) is 0 Å². The molecule has 220 valence electrons. The molecular formula is C30H38N4O5S2. The van der Waals surface area contributed by atoms with Crippen LogP contribution in [0.1, 0.15) is 30.5 Å². The molecule has 2 aliphatic heterocycles. The first-order valence-electron chi connectivity index (χ1n) is 14.2. The van der Waals surface area contributed by atoms with Crippen LogP contribution in [0.25, 0.3) is 0 Å². The fourth-order valence-electron chi connectivity index (χ4n) is 5.33. The van der Waals surface area contributed by atoms with Crippen LogP contribution in [-0.4, -0.2) is 87.6 Å². The number of methoxy groups -OCH3 is 1. The molecule has 0 saturated carbocycles. The van der Waals surface area contributed by atoms with Crippen molar-refractivity contribution in [2.75, 3.05) is 57.9 Å². The van der Waals surface area contributed by atoms with Crippen molar-refractivity contribution in [1.82, 2.24) is 14.2 Å². The van der Waals surface area contributed by atoms with Gasteiger partial charge < -0.3 is 19.3 Å². The maximum absolute atomic E-state index is 13.3. The van der Waals surface area contributed by atoms with Crippen LogP contribution in [0, 0.1) is 0 Å². The molecule has 0 radical (unpaired) electrons. The average Bonchev–Trinajstić information content (AvgIpc) is 3.50. The molecule has 1 aromatic heterocycles. The van der Waals surface area contributed by atoms with Crippen LogP contribution in [0.15, 0.2) is 64.9 Å². The summed E-state index contributed by atoms with van der Waals surface area (Å²) in [7, 11) is -2.12. The average molecular weight is 599 g/mol. The van der Waals surface area contributed by atoms with Crippen LogP contribution in [0.2, 0.25) is 0 Å². The number of amides is 1. The van der Waals surface area contributed by atoms with E-state index < -0.39 is 10.0 Å². The molecule has 2 aromatic carbocycles. The van der Waals surface area contributed by atoms with Gasteiger partial charge in [0.05, 0.1) is 24.3 Å². The Hall–Kier alpha value is -2.99. The molecule has 0 bridgehead atoms. The number of anilines is 1. The minimum atomic E-state index is -3.66. The highest BCUT2D eigenvalue weighted by molar-refractivity contribution is 7.89. The molecule has 1 atom stereocenters. The Morgan fingerprint density at radius 3 is 2.46 bits per heavy atom. The van der Waals surface area contributed by atoms with E-state index in [0.29, 0.717) is 31.8 Å². The molecule has 0 aliphatic carbocycles. The number of hydrogen-bond donors (Lipinski definition) is 0. The number of carbonyl (C=O) groups excluding carboxylic acids is 1. The molecule has 2 saturated heterocycles. The monoisotopic (exact) mass is 598 g/mol. The van der Waals surface area contributed by atoms with Gasteiger partial charge in [0.25, 0.3) is 0 Å². The van der Waals surface area contributed by atoms with Gasteiger partial charge >= 0.3 is 0 Å². The number of nitrogens with zero attached hydrogens (tertiary/aromatic N) is 4. The zero-order valence-corrected chi connectivity index (χ0v) is 25.1. The third-order valence-electron chi connectivity index (χ3n) is 7.73. The second-order valence-corrected chi connectivity index (χ2v) is 13.2. The number of carbonyl (C=O) groups is 1. The molecule has 0 N–H and O–H groups in total. The lowest BCUT2D eigenvalue weighted by Crippen LogP contribution is -2.50. The number of aromatic nitrogens is 1. The molecule has 2 fully saturated rings. The fourth-order valence-corrected chi connectivity index (χ4v) is 7.93. The maximum atomic E-state index is 13.3. The number of ether oxygens (including phenoxy) is 2. The van der Waals surface area contributed by atoms with Gasteiger partial charge in [-0.1, -0.05) is 36.8 Å². The summed E-state index contributed by atoms with van der Waals surface area (Å²) in [5.74, 6) is 0.546. The number of sulfonamides is 1. The van der Waals surface area contributed by atoms with Gasteiger partial charge in [0, 0.05) is 44.1 Å². The Labute approximate surface area is 246 Å². The SMILES string of the molecule is COc1ccc(S(=O)(=O)N2CCCCC2COCC(=O)N2CCN(c3nc(CCc4ccccc4)cs3)CC2)cc1. The van der Waals surface area contributed by atoms with Gasteiger partial charge in [-0.2, -0.15) is 4.31 Å². The van der Waals surface area contributed by atoms with E-state index in [-0.39, 0.29) is 30.1 Å². The molecule has 11 heteroatoms. The highest BCUT2D eigenvalue weighted by Gasteiger charge is 2.34. The molecule has 0 spiro atoms. The van der Waals surface area contributed by atoms with E-state index in [4.69, 9.17) is 14.5 Å². The van der Waals surface area contributed by atoms with E-state index in [0.717, 1.165) is 49.6 Å². The minimum Gasteiger partial charge on any atom is -0.497 e. The van der Waals surface area contributed by atoms with E-state index in [9.17, 15) is 13.2 Å². The highest BCUT2D eigenvalue weighted by atomic mass is 32.2. The van der Waals surface area contributed by atoms with Crippen molar-refractivity contribution in [3.63, 3.8) is 0 Å². The summed E-state index contributed by atoms with van der Waals surface area (Å²) in [5.41, 5.74) is 2.41. The standard InChI is InChI=1S/C30H38N4O5S2/c1-38-27-12-14-28(15-13-27)41(36,37)34-16-6-5-9-26(34)21-39-22-29(35)32-17-19-33(20-18-32)30-31-25(23-40-30)11-10-24-7-3-2-4-8-24/h2-4,7-8,12-15,23,26H,5-6,9-11,16-22H2,1H3. The van der Waals surface area contributed by atoms with Crippen molar-refractivity contribution >= 4 is 32.4 Å². The normalized spacial score (nSPS) is 18.4. The predicted molar refractivity (Wildman–Crippen MR) is 160 cm³/mol. The van der Waals surface area contributed by atoms with Crippen molar-refractivity contribution < 1.29 is 22.7 Å². The lowest BCUT2D eigenvalue weighted by Gasteiger charge is -2.36. The quantitative estimate of drug-likeness (QED) is 0.331. The summed E-state index contributed by atoms with van der Waals surface area (Å²) in [6, 6.07) is 16.6. The van der Waals surface area contributed by atoms with Crippen LogP contribution >= 0.6 is 11.3 Å². The predicted octanol–water partition coefficient (Wildman–Crippen LogP) is 3.85. The van der Waals surface area contributed by atoms with E-state index in [2.05, 4.69) is 34.5 Å². The van der Waals surface area contributed by atoms with Crippen LogP contribution in [0.4, 0.5) is 5.13 Å². The van der Waals surface area contributed by atoms with Crippen molar-refractivity contribution in [3.8, 4) is 5.75 Å². The van der Waals surface area contributed by atoms with E-state index in [1.165, 1.54) is 9.87 Å². The maximum Gasteiger partial charge on any atom is 0.248 e. The van der Waals surface area contributed by atoms with E-state index in [1.54, 1.807) is 42.7 Å². The molecule has 3 aromatic rings. The molecule has 9 nitrogen and oxygen atoms in total. The van der Waals surface area contributed by atoms with Gasteiger partial charge in [0.15, 0.2) is 5.13 Å². The van der Waals surface area contributed by atoms with Crippen molar-refractivity contribution in [3.05, 3.63) is 71.2 Å². The number of aryl methyl sites for hydroxylation is 2. The van der Waals surface area contributed by atoms with Gasteiger partial charge in [-0.15, -0.1) is 11.3 Å². The first kappa shape index (κ1) is 29.5. The second-order valence-electron chi connectivity index (χ2n) is 10.4. The lowest BCUT2D eigenvalue weighted by molar-refractivity contribution is -0.137. The summed E-state index contributed by atoms with van der Waals surface area (Å²) in [6.45, 7) is 3.29. The Kier molecular flexibility index (Phi) is 9.92. The molecular weight excluding hydrogens is 560 g/mol. The van der Waals surface area contributed by atoms with Crippen molar-refractivity contribution in [2.45, 2.75) is 43.0 Å². The second kappa shape index (κ2) is 13.8. The summed E-state index contributed by atoms with van der Waals surface area (Å²) >= 11 is 1.66. The fraction of sp³-hybridized carbons (Fsp3) is 0.467. The van der Waals surface area contributed by atoms with E-state index >= 15 is 0 Å². The Balaban J connectivity index is 1.07. The number of piperidine rings is 1. The topological polar surface area (TPSA) is 92.3 Å². The highest BCUT2D eigenvalue weighted by Crippen LogP contribution is 2.27. The number of thiazole rings is 1. The summed E-state index contributed by atoms with van der Waals surface area (Å²) in [4.78, 5) is 22.0. The smallest absolute Gasteiger partial charge is 0.248 e. The van der Waals surface area contributed by atoms with Gasteiger partial charge in [-0.05, 0) is 55.5 Å². The zero-order chi connectivity index (χ0) is 28.7. The van der Waals surface area contributed by atoms with Gasteiger partial charge in [-0.25, -0.2) is 13.4 Å². The minimum absolute atomic E-state index is 0.0478. The van der Waals surface area contributed by atoms with Gasteiger partial charge in [0.2, 0.25) is 15.9 Å². The lowest BCUT2D eigenvalue weighted by atomic mass is 10.1. The summed E-state index contributed by atoms with van der Waals surface area (Å²) in [6.07, 6.45) is 4.34. The Morgan fingerprint density at radius 2 is 1.73 bits per heavy atom.